The molecule has 4 N–H and O–H groups in total. The van der Waals surface area contributed by atoms with Crippen LogP contribution < -0.4 is 16.0 Å². The Morgan fingerprint density at radius 3 is 2.68 bits per heavy atom. The van der Waals surface area contributed by atoms with Crippen molar-refractivity contribution in [3.8, 4) is 11.3 Å². The van der Waals surface area contributed by atoms with Crippen LogP contribution >= 0.6 is 0 Å². The van der Waals surface area contributed by atoms with Gasteiger partial charge in [0.1, 0.15) is 17.3 Å². The van der Waals surface area contributed by atoms with E-state index in [4.69, 9.17) is 10.5 Å². The number of ether oxygens (including phenoxy) is 1. The van der Waals surface area contributed by atoms with E-state index in [1.807, 2.05) is 6.07 Å². The summed E-state index contributed by atoms with van der Waals surface area (Å²) < 4.78 is 43.6. The van der Waals surface area contributed by atoms with Crippen LogP contribution in [0.25, 0.3) is 22.3 Å². The molecule has 0 radical (unpaired) electrons. The van der Waals surface area contributed by atoms with E-state index in [0.717, 1.165) is 18.1 Å². The van der Waals surface area contributed by atoms with Crippen LogP contribution in [0.3, 0.4) is 0 Å². The van der Waals surface area contributed by atoms with Gasteiger partial charge >= 0.3 is 0 Å². The number of hydrogen-bond donors (Lipinski definition) is 3. The van der Waals surface area contributed by atoms with Crippen LogP contribution in [0.1, 0.15) is 0 Å². The first kappa shape index (κ1) is 22.0. The molecule has 0 aliphatic carbocycles. The van der Waals surface area contributed by atoms with Crippen LogP contribution in [0, 0.1) is 5.82 Å². The molecule has 0 amide bonds. The molecule has 3 aromatic heterocycles. The lowest BCUT2D eigenvalue weighted by Crippen LogP contribution is -2.36. The number of nitrogen functional groups attached to an aromatic ring is 1. The van der Waals surface area contributed by atoms with Crippen LogP contribution in [0.4, 0.5) is 27.5 Å². The van der Waals surface area contributed by atoms with Crippen molar-refractivity contribution in [1.29, 1.82) is 0 Å². The van der Waals surface area contributed by atoms with Gasteiger partial charge in [-0.3, -0.25) is 5.10 Å². The van der Waals surface area contributed by atoms with E-state index >= 15 is 0 Å². The summed E-state index contributed by atoms with van der Waals surface area (Å²) in [6, 6.07) is 6.28. The molecule has 1 fully saturated rings. The highest BCUT2D eigenvalue weighted by atomic mass is 32.2. The standard InChI is InChI=1S/C21H21FN8O3S/c1-34(31,32)15-8-13(7-14(9-15)30-2-4-33-5-3-30)26-21-25-11-17(19(23)27-21)18-16-6-12(22)10-24-20(16)29-28-18/h6-11H,2-5H2,1H3,(H,24,28,29)(H3,23,25,26,27). The molecule has 5 rings (SSSR count). The SMILES string of the molecule is CS(=O)(=O)c1cc(Nc2ncc(-c3n[nH]c4ncc(F)cc34)c(N)n2)cc(N2CCOCC2)c1. The maximum Gasteiger partial charge on any atom is 0.229 e. The number of halogens is 1. The predicted molar refractivity (Wildman–Crippen MR) is 125 cm³/mol. The molecule has 0 saturated carbocycles. The number of nitrogens with one attached hydrogen (secondary N) is 2. The van der Waals surface area contributed by atoms with Gasteiger partial charge in [-0.15, -0.1) is 0 Å². The Labute approximate surface area is 194 Å². The summed E-state index contributed by atoms with van der Waals surface area (Å²) in [4.78, 5) is 14.8. The third kappa shape index (κ3) is 4.34. The number of fused-ring (bicyclic) bond motifs is 1. The van der Waals surface area contributed by atoms with E-state index in [2.05, 4.69) is 35.4 Å². The lowest BCUT2D eigenvalue weighted by atomic mass is 10.1. The number of anilines is 4. The van der Waals surface area contributed by atoms with Gasteiger partial charge in [0, 0.05) is 42.3 Å². The van der Waals surface area contributed by atoms with Crippen LogP contribution in [0.5, 0.6) is 0 Å². The van der Waals surface area contributed by atoms with Gasteiger partial charge in [0.05, 0.1) is 29.9 Å². The van der Waals surface area contributed by atoms with Crippen LogP contribution in [0.2, 0.25) is 0 Å². The number of benzene rings is 1. The summed E-state index contributed by atoms with van der Waals surface area (Å²) in [5, 5.41) is 10.4. The highest BCUT2D eigenvalue weighted by Crippen LogP contribution is 2.31. The summed E-state index contributed by atoms with van der Waals surface area (Å²) in [7, 11) is -3.46. The van der Waals surface area contributed by atoms with Crippen molar-refractivity contribution in [2.75, 3.05) is 48.5 Å². The molecule has 1 aliphatic heterocycles. The average Bonchev–Trinajstić information content (AvgIpc) is 3.22. The molecule has 0 bridgehead atoms. The number of H-pyrrole nitrogens is 1. The Hall–Kier alpha value is -3.84. The maximum atomic E-state index is 13.7. The third-order valence-electron chi connectivity index (χ3n) is 5.41. The van der Waals surface area contributed by atoms with Gasteiger partial charge in [-0.25, -0.2) is 22.8 Å². The second-order valence-electron chi connectivity index (χ2n) is 7.83. The number of nitrogens with zero attached hydrogens (tertiary/aromatic N) is 5. The number of nitrogens with two attached hydrogens (primary N) is 1. The highest BCUT2D eigenvalue weighted by Gasteiger charge is 2.18. The molecule has 13 heteroatoms. The number of sulfone groups is 1. The highest BCUT2D eigenvalue weighted by molar-refractivity contribution is 7.90. The minimum Gasteiger partial charge on any atom is -0.383 e. The fourth-order valence-corrected chi connectivity index (χ4v) is 4.40. The largest absolute Gasteiger partial charge is 0.383 e. The van der Waals surface area contributed by atoms with Crippen LogP contribution in [-0.2, 0) is 14.6 Å². The molecule has 1 saturated heterocycles. The van der Waals surface area contributed by atoms with E-state index in [0.29, 0.717) is 54.3 Å². The first-order valence-electron chi connectivity index (χ1n) is 10.4. The summed E-state index contributed by atoms with van der Waals surface area (Å²) in [6.07, 6.45) is 3.71. The fraction of sp³-hybridized carbons (Fsp3) is 0.238. The van der Waals surface area contributed by atoms with Crippen molar-refractivity contribution in [2.45, 2.75) is 4.90 Å². The Morgan fingerprint density at radius 1 is 1.15 bits per heavy atom. The third-order valence-corrected chi connectivity index (χ3v) is 6.50. The Balaban J connectivity index is 1.48. The number of aromatic nitrogens is 5. The average molecular weight is 485 g/mol. The van der Waals surface area contributed by atoms with Crippen LogP contribution in [-0.4, -0.2) is 66.1 Å². The van der Waals surface area contributed by atoms with E-state index in [1.54, 1.807) is 6.07 Å². The summed E-state index contributed by atoms with van der Waals surface area (Å²) in [5.41, 5.74) is 8.59. The molecule has 0 atom stereocenters. The summed E-state index contributed by atoms with van der Waals surface area (Å²) in [5.74, 6) is -0.221. The molecule has 4 heterocycles. The zero-order chi connectivity index (χ0) is 23.9. The van der Waals surface area contributed by atoms with Gasteiger partial charge in [0.15, 0.2) is 15.5 Å². The lowest BCUT2D eigenvalue weighted by Gasteiger charge is -2.29. The molecular weight excluding hydrogens is 463 g/mol. The molecule has 0 unspecified atom stereocenters. The molecule has 176 valence electrons. The molecule has 4 aromatic rings. The summed E-state index contributed by atoms with van der Waals surface area (Å²) in [6.45, 7) is 2.43. The van der Waals surface area contributed by atoms with Crippen molar-refractivity contribution < 1.29 is 17.5 Å². The van der Waals surface area contributed by atoms with E-state index in [-0.39, 0.29) is 16.7 Å². The van der Waals surface area contributed by atoms with Gasteiger partial charge in [0.2, 0.25) is 5.95 Å². The number of rotatable bonds is 5. The van der Waals surface area contributed by atoms with Crippen molar-refractivity contribution in [2.24, 2.45) is 0 Å². The summed E-state index contributed by atoms with van der Waals surface area (Å²) >= 11 is 0. The van der Waals surface area contributed by atoms with E-state index < -0.39 is 15.7 Å². The Bertz CT molecular complexity index is 1480. The smallest absolute Gasteiger partial charge is 0.229 e. The van der Waals surface area contributed by atoms with Crippen molar-refractivity contribution >= 4 is 44.0 Å². The second kappa shape index (κ2) is 8.50. The predicted octanol–water partition coefficient (Wildman–Crippen LogP) is 2.12. The van der Waals surface area contributed by atoms with Crippen molar-refractivity contribution in [3.05, 3.63) is 42.5 Å². The monoisotopic (exact) mass is 484 g/mol. The van der Waals surface area contributed by atoms with Gasteiger partial charge in [0.25, 0.3) is 0 Å². The Kier molecular flexibility index (Phi) is 5.49. The van der Waals surface area contributed by atoms with Gasteiger partial charge < -0.3 is 20.7 Å². The molecule has 34 heavy (non-hydrogen) atoms. The lowest BCUT2D eigenvalue weighted by molar-refractivity contribution is 0.122. The number of hydrogen-bond acceptors (Lipinski definition) is 10. The zero-order valence-corrected chi connectivity index (χ0v) is 18.9. The molecule has 0 spiro atoms. The zero-order valence-electron chi connectivity index (χ0n) is 18.1. The molecular formula is C21H21FN8O3S. The normalized spacial score (nSPS) is 14.5. The molecule has 1 aromatic carbocycles. The first-order valence-corrected chi connectivity index (χ1v) is 12.2. The Morgan fingerprint density at radius 2 is 1.94 bits per heavy atom. The topological polar surface area (TPSA) is 152 Å². The molecule has 1 aliphatic rings. The number of morpholine rings is 1. The minimum absolute atomic E-state index is 0.114. The van der Waals surface area contributed by atoms with Crippen molar-refractivity contribution in [1.82, 2.24) is 25.1 Å². The molecule has 11 nitrogen and oxygen atoms in total. The first-order chi connectivity index (χ1) is 16.3. The van der Waals surface area contributed by atoms with Gasteiger partial charge in [-0.2, -0.15) is 10.1 Å². The number of pyridine rings is 1. The second-order valence-corrected chi connectivity index (χ2v) is 9.84. The number of aromatic amines is 1. The fourth-order valence-electron chi connectivity index (χ4n) is 3.72. The maximum absolute atomic E-state index is 13.7. The quantitative estimate of drug-likeness (QED) is 0.384. The van der Waals surface area contributed by atoms with Gasteiger partial charge in [-0.05, 0) is 24.3 Å². The van der Waals surface area contributed by atoms with E-state index in [1.165, 1.54) is 18.3 Å². The van der Waals surface area contributed by atoms with E-state index in [9.17, 15) is 12.8 Å². The van der Waals surface area contributed by atoms with Crippen LogP contribution in [0.15, 0.2) is 41.6 Å². The minimum atomic E-state index is -3.46. The van der Waals surface area contributed by atoms with Gasteiger partial charge in [-0.1, -0.05) is 0 Å². The van der Waals surface area contributed by atoms with Crippen molar-refractivity contribution in [3.63, 3.8) is 0 Å².